The van der Waals surface area contributed by atoms with E-state index in [-0.39, 0.29) is 45.3 Å². The minimum Gasteiger partial charge on any atom is -0.507 e. The number of para-hydroxylation sites is 1. The van der Waals surface area contributed by atoms with Gasteiger partial charge < -0.3 is 15.3 Å². The van der Waals surface area contributed by atoms with Crippen LogP contribution in [-0.2, 0) is 4.79 Å². The van der Waals surface area contributed by atoms with Crippen molar-refractivity contribution in [1.82, 2.24) is 0 Å². The Balaban J connectivity index is 1.30. The van der Waals surface area contributed by atoms with Crippen LogP contribution in [0.4, 0.5) is 0 Å². The van der Waals surface area contributed by atoms with Crippen molar-refractivity contribution >= 4 is 18.4 Å². The zero-order valence-corrected chi connectivity index (χ0v) is 26.9. The van der Waals surface area contributed by atoms with Gasteiger partial charge >= 0.3 is 5.97 Å². The van der Waals surface area contributed by atoms with Crippen molar-refractivity contribution in [2.75, 3.05) is 0 Å². The number of hydrogen-bond acceptors (Lipinski definition) is 5. The first kappa shape index (κ1) is 30.6. The van der Waals surface area contributed by atoms with Gasteiger partial charge in [0.05, 0.1) is 23.9 Å². The SMILES string of the molecule is C=C(/C=N/N=C/c1ccccc1O)[C@@H]1CC[C@]2(C(=O)O)CC[C@]3(C)[C@H](CC[C@@H]4[C@@]5(C)CC[C@H](O)C(C)(C)[C@@H]5CC[C@]43C)[C@@H]12. The molecule has 0 aromatic heterocycles. The lowest BCUT2D eigenvalue weighted by Crippen LogP contribution is -2.67. The van der Waals surface area contributed by atoms with Crippen molar-refractivity contribution in [2.24, 2.45) is 66.9 Å². The van der Waals surface area contributed by atoms with Crippen molar-refractivity contribution in [3.05, 3.63) is 42.0 Å². The zero-order valence-electron chi connectivity index (χ0n) is 26.9. The minimum absolute atomic E-state index is 0.0396. The molecule has 6 rings (SSSR count). The van der Waals surface area contributed by atoms with Gasteiger partial charge in [0.2, 0.25) is 0 Å². The van der Waals surface area contributed by atoms with E-state index in [0.29, 0.717) is 29.7 Å². The number of nitrogens with zero attached hydrogens (tertiary/aromatic N) is 2. The van der Waals surface area contributed by atoms with E-state index < -0.39 is 11.4 Å². The summed E-state index contributed by atoms with van der Waals surface area (Å²) in [6.07, 6.45) is 12.7. The average Bonchev–Trinajstić information content (AvgIpc) is 3.36. The molecule has 5 saturated carbocycles. The lowest BCUT2D eigenvalue weighted by atomic mass is 9.32. The molecule has 0 aliphatic heterocycles. The molecule has 1 aromatic rings. The number of aliphatic carboxylic acids is 1. The summed E-state index contributed by atoms with van der Waals surface area (Å²) in [5.41, 5.74) is 1.08. The summed E-state index contributed by atoms with van der Waals surface area (Å²) < 4.78 is 0. The lowest BCUT2D eigenvalue weighted by Gasteiger charge is -2.72. The minimum atomic E-state index is -0.702. The molecule has 0 bridgehead atoms. The smallest absolute Gasteiger partial charge is 0.309 e. The second kappa shape index (κ2) is 10.3. The molecule has 43 heavy (non-hydrogen) atoms. The van der Waals surface area contributed by atoms with Crippen LogP contribution in [0.3, 0.4) is 0 Å². The van der Waals surface area contributed by atoms with Gasteiger partial charge in [-0.05, 0) is 133 Å². The van der Waals surface area contributed by atoms with Crippen molar-refractivity contribution in [3.8, 4) is 5.75 Å². The van der Waals surface area contributed by atoms with E-state index in [1.807, 2.05) is 6.07 Å². The third kappa shape index (κ3) is 4.24. The number of aromatic hydroxyl groups is 1. The Hall–Kier alpha value is -2.47. The molecule has 0 heterocycles. The van der Waals surface area contributed by atoms with Gasteiger partial charge in [0.1, 0.15) is 5.75 Å². The number of rotatable bonds is 5. The number of phenols is 1. The summed E-state index contributed by atoms with van der Waals surface area (Å²) in [5.74, 6) is 1.05. The number of benzene rings is 1. The van der Waals surface area contributed by atoms with Crippen LogP contribution in [0.15, 0.2) is 46.6 Å². The number of carboxylic acid groups (broad SMARTS) is 1. The third-order valence-corrected chi connectivity index (χ3v) is 14.7. The maximum atomic E-state index is 13.1. The molecule has 5 fully saturated rings. The summed E-state index contributed by atoms with van der Waals surface area (Å²) in [5, 5.41) is 40.3. The first-order chi connectivity index (χ1) is 20.2. The van der Waals surface area contributed by atoms with Gasteiger partial charge in [-0.15, -0.1) is 0 Å². The third-order valence-electron chi connectivity index (χ3n) is 14.7. The number of aliphatic hydroxyl groups is 1. The van der Waals surface area contributed by atoms with E-state index in [0.717, 1.165) is 63.4 Å². The largest absolute Gasteiger partial charge is 0.507 e. The molecule has 5 aliphatic rings. The second-order valence-electron chi connectivity index (χ2n) is 16.3. The number of fused-ring (bicyclic) bond motifs is 7. The Bertz CT molecular complexity index is 1350. The first-order valence-electron chi connectivity index (χ1n) is 16.7. The topological polar surface area (TPSA) is 102 Å². The van der Waals surface area contributed by atoms with Gasteiger partial charge in [-0.3, -0.25) is 4.79 Å². The van der Waals surface area contributed by atoms with Gasteiger partial charge in [0.15, 0.2) is 0 Å². The molecule has 10 atom stereocenters. The molecule has 0 saturated heterocycles. The highest BCUT2D eigenvalue weighted by atomic mass is 16.4. The fraction of sp³-hybridized carbons (Fsp3) is 0.703. The number of allylic oxidation sites excluding steroid dienone is 1. The highest BCUT2D eigenvalue weighted by Crippen LogP contribution is 2.77. The first-order valence-corrected chi connectivity index (χ1v) is 16.7. The van der Waals surface area contributed by atoms with Gasteiger partial charge in [-0.25, -0.2) is 0 Å². The molecule has 6 nitrogen and oxygen atoms in total. The molecule has 1 aromatic carbocycles. The van der Waals surface area contributed by atoms with E-state index >= 15 is 0 Å². The fourth-order valence-corrected chi connectivity index (χ4v) is 12.3. The van der Waals surface area contributed by atoms with Crippen LogP contribution in [0, 0.1) is 56.7 Å². The van der Waals surface area contributed by atoms with Gasteiger partial charge in [0, 0.05) is 5.56 Å². The number of phenolic OH excluding ortho intramolecular Hbond substituents is 1. The van der Waals surface area contributed by atoms with Crippen molar-refractivity contribution < 1.29 is 20.1 Å². The summed E-state index contributed by atoms with van der Waals surface area (Å²) in [6.45, 7) is 16.6. The monoisotopic (exact) mass is 588 g/mol. The van der Waals surface area contributed by atoms with Crippen molar-refractivity contribution in [3.63, 3.8) is 0 Å². The van der Waals surface area contributed by atoms with Crippen LogP contribution >= 0.6 is 0 Å². The molecule has 0 unspecified atom stereocenters. The predicted molar refractivity (Wildman–Crippen MR) is 171 cm³/mol. The predicted octanol–water partition coefficient (Wildman–Crippen LogP) is 7.88. The molecule has 0 spiro atoms. The Morgan fingerprint density at radius 2 is 1.63 bits per heavy atom. The van der Waals surface area contributed by atoms with E-state index in [9.17, 15) is 20.1 Å². The second-order valence-corrected chi connectivity index (χ2v) is 16.3. The van der Waals surface area contributed by atoms with Crippen molar-refractivity contribution in [1.29, 1.82) is 0 Å². The van der Waals surface area contributed by atoms with Crippen LogP contribution in [0.25, 0.3) is 0 Å². The molecule has 234 valence electrons. The molecule has 0 radical (unpaired) electrons. The molecule has 0 amide bonds. The summed E-state index contributed by atoms with van der Waals surface area (Å²) >= 11 is 0. The highest BCUT2D eigenvalue weighted by Gasteiger charge is 2.72. The molecular formula is C37H52N2O4. The van der Waals surface area contributed by atoms with Gasteiger partial charge in [-0.2, -0.15) is 10.2 Å². The summed E-state index contributed by atoms with van der Waals surface area (Å²) in [6, 6.07) is 7.01. The average molecular weight is 589 g/mol. The fourth-order valence-electron chi connectivity index (χ4n) is 12.3. The van der Waals surface area contributed by atoms with E-state index in [1.165, 1.54) is 6.21 Å². The van der Waals surface area contributed by atoms with Gasteiger partial charge in [-0.1, -0.05) is 53.3 Å². The lowest BCUT2D eigenvalue weighted by molar-refractivity contribution is -0.248. The van der Waals surface area contributed by atoms with Gasteiger partial charge in [0.25, 0.3) is 0 Å². The maximum absolute atomic E-state index is 13.1. The van der Waals surface area contributed by atoms with E-state index in [1.54, 1.807) is 24.4 Å². The van der Waals surface area contributed by atoms with E-state index in [2.05, 4.69) is 51.4 Å². The highest BCUT2D eigenvalue weighted by molar-refractivity contribution is 5.85. The van der Waals surface area contributed by atoms with Crippen LogP contribution in [-0.4, -0.2) is 39.8 Å². The number of carboxylic acids is 1. The van der Waals surface area contributed by atoms with E-state index in [4.69, 9.17) is 0 Å². The van der Waals surface area contributed by atoms with Crippen molar-refractivity contribution in [2.45, 2.75) is 105 Å². The number of hydrogen-bond donors (Lipinski definition) is 3. The number of aliphatic hydroxyl groups excluding tert-OH is 1. The standard InChI is InChI=1S/C37H52N2O4/c1-23(21-38-39-22-24-9-7-8-10-27(24)40)25-13-18-37(32(42)43)20-19-35(5)26(31(25)37)11-12-29-34(4)16-15-30(41)33(2,3)28(34)14-17-36(29,35)6/h7-10,21-22,25-26,28-31,40-41H,1,11-20H2,2-6H3,(H,42,43)/b38-21+,39-22+/t25-,26+,28-,29+,30-,31+,34-,35+,36+,37-/m0/s1. The molecule has 5 aliphatic carbocycles. The van der Waals surface area contributed by atoms with Crippen LogP contribution in [0.5, 0.6) is 5.75 Å². The molecular weight excluding hydrogens is 536 g/mol. The molecule has 6 heteroatoms. The normalized spacial score (nSPS) is 45.3. The Morgan fingerprint density at radius 1 is 0.884 bits per heavy atom. The van der Waals surface area contributed by atoms with Crippen LogP contribution in [0.1, 0.15) is 104 Å². The summed E-state index contributed by atoms with van der Waals surface area (Å²) in [4.78, 5) is 13.1. The summed E-state index contributed by atoms with van der Waals surface area (Å²) in [7, 11) is 0. The maximum Gasteiger partial charge on any atom is 0.309 e. The van der Waals surface area contributed by atoms with Crippen LogP contribution < -0.4 is 0 Å². The molecule has 3 N–H and O–H groups in total. The zero-order chi connectivity index (χ0) is 31.0. The van der Waals surface area contributed by atoms with Crippen LogP contribution in [0.2, 0.25) is 0 Å². The quantitative estimate of drug-likeness (QED) is 0.240. The number of carbonyl (C=O) groups is 1. The Morgan fingerprint density at radius 3 is 2.35 bits per heavy atom. The Kier molecular flexibility index (Phi) is 7.31. The Labute approximate surface area is 257 Å².